The van der Waals surface area contributed by atoms with E-state index in [9.17, 15) is 10.1 Å². The van der Waals surface area contributed by atoms with E-state index >= 15 is 0 Å². The van der Waals surface area contributed by atoms with Gasteiger partial charge in [0.1, 0.15) is 0 Å². The minimum Gasteiger partial charge on any atom is -0.399 e. The Labute approximate surface area is 149 Å². The summed E-state index contributed by atoms with van der Waals surface area (Å²) < 4.78 is 0. The Hall–Kier alpha value is -3.75. The minimum absolute atomic E-state index is 0.0164. The third-order valence-corrected chi connectivity index (χ3v) is 3.53. The number of aromatic nitrogens is 3. The Morgan fingerprint density at radius 2 is 1.65 bits per heavy atom. The smallest absolute Gasteiger partial charge is 0.269 e. The van der Waals surface area contributed by atoms with Crippen molar-refractivity contribution in [1.29, 1.82) is 0 Å². The SMILES string of the molecule is CN(C)c1nc(Nc2ccc([N+](=O)[O-])cc2)nc(-c2ccc(N)cc2)n1. The van der Waals surface area contributed by atoms with Gasteiger partial charge in [-0.3, -0.25) is 10.1 Å². The average molecular weight is 351 g/mol. The summed E-state index contributed by atoms with van der Waals surface area (Å²) in [5.41, 5.74) is 7.83. The zero-order valence-corrected chi connectivity index (χ0v) is 14.2. The van der Waals surface area contributed by atoms with Crippen molar-refractivity contribution in [2.24, 2.45) is 0 Å². The molecule has 0 unspecified atom stereocenters. The van der Waals surface area contributed by atoms with Gasteiger partial charge in [0.2, 0.25) is 11.9 Å². The second-order valence-corrected chi connectivity index (χ2v) is 5.73. The molecular weight excluding hydrogens is 334 g/mol. The molecule has 9 heteroatoms. The van der Waals surface area contributed by atoms with Gasteiger partial charge in [0, 0.05) is 43.2 Å². The van der Waals surface area contributed by atoms with E-state index < -0.39 is 4.92 Å². The standard InChI is InChI=1S/C17H17N7O2/c1-23(2)17-21-15(11-3-5-12(18)6-4-11)20-16(22-17)19-13-7-9-14(10-8-13)24(25)26/h3-10H,18H2,1-2H3,(H,19,20,21,22). The number of nitro benzene ring substituents is 1. The van der Waals surface area contributed by atoms with Gasteiger partial charge in [-0.15, -0.1) is 0 Å². The van der Waals surface area contributed by atoms with E-state index in [1.807, 2.05) is 26.2 Å². The van der Waals surface area contributed by atoms with Crippen LogP contribution in [0.5, 0.6) is 0 Å². The van der Waals surface area contributed by atoms with Crippen LogP contribution in [0.3, 0.4) is 0 Å². The van der Waals surface area contributed by atoms with Gasteiger partial charge in [-0.2, -0.15) is 15.0 Å². The van der Waals surface area contributed by atoms with Crippen LogP contribution in [-0.2, 0) is 0 Å². The van der Waals surface area contributed by atoms with E-state index in [0.29, 0.717) is 29.1 Å². The molecule has 26 heavy (non-hydrogen) atoms. The zero-order chi connectivity index (χ0) is 18.7. The third-order valence-electron chi connectivity index (χ3n) is 3.53. The number of nitrogens with two attached hydrogens (primary N) is 1. The fourth-order valence-electron chi connectivity index (χ4n) is 2.18. The Morgan fingerprint density at radius 3 is 2.23 bits per heavy atom. The molecule has 0 bridgehead atoms. The monoisotopic (exact) mass is 351 g/mol. The van der Waals surface area contributed by atoms with Crippen molar-refractivity contribution in [2.75, 3.05) is 30.0 Å². The van der Waals surface area contributed by atoms with Crippen LogP contribution >= 0.6 is 0 Å². The fraction of sp³-hybridized carbons (Fsp3) is 0.118. The molecule has 3 rings (SSSR count). The van der Waals surface area contributed by atoms with Crippen molar-refractivity contribution >= 4 is 29.0 Å². The van der Waals surface area contributed by atoms with Crippen molar-refractivity contribution < 1.29 is 4.92 Å². The van der Waals surface area contributed by atoms with Crippen LogP contribution in [0.25, 0.3) is 11.4 Å². The highest BCUT2D eigenvalue weighted by molar-refractivity contribution is 5.63. The predicted octanol–water partition coefficient (Wildman–Crippen LogP) is 2.84. The summed E-state index contributed by atoms with van der Waals surface area (Å²) >= 11 is 0. The average Bonchev–Trinajstić information content (AvgIpc) is 2.62. The first-order valence-electron chi connectivity index (χ1n) is 7.73. The largest absolute Gasteiger partial charge is 0.399 e. The van der Waals surface area contributed by atoms with E-state index in [4.69, 9.17) is 5.73 Å². The predicted molar refractivity (Wildman–Crippen MR) is 100 cm³/mol. The lowest BCUT2D eigenvalue weighted by Gasteiger charge is -2.13. The second-order valence-electron chi connectivity index (χ2n) is 5.73. The van der Waals surface area contributed by atoms with Crippen LogP contribution in [0, 0.1) is 10.1 Å². The van der Waals surface area contributed by atoms with Gasteiger partial charge in [-0.25, -0.2) is 0 Å². The Kier molecular flexibility index (Phi) is 4.61. The lowest BCUT2D eigenvalue weighted by atomic mass is 10.2. The molecule has 9 nitrogen and oxygen atoms in total. The first-order valence-corrected chi connectivity index (χ1v) is 7.73. The van der Waals surface area contributed by atoms with E-state index in [2.05, 4.69) is 20.3 Å². The van der Waals surface area contributed by atoms with Crippen LogP contribution in [-0.4, -0.2) is 34.0 Å². The van der Waals surface area contributed by atoms with Gasteiger partial charge >= 0.3 is 0 Å². The Balaban J connectivity index is 1.95. The molecule has 1 aromatic heterocycles. The highest BCUT2D eigenvalue weighted by Gasteiger charge is 2.11. The summed E-state index contributed by atoms with van der Waals surface area (Å²) in [6.07, 6.45) is 0. The van der Waals surface area contributed by atoms with Gasteiger partial charge in [0.15, 0.2) is 5.82 Å². The summed E-state index contributed by atoms with van der Waals surface area (Å²) in [4.78, 5) is 25.3. The number of nitro groups is 1. The molecule has 0 spiro atoms. The van der Waals surface area contributed by atoms with Crippen molar-refractivity contribution in [3.05, 3.63) is 58.6 Å². The number of rotatable bonds is 5. The first-order chi connectivity index (χ1) is 12.4. The number of benzene rings is 2. The molecule has 0 saturated carbocycles. The second kappa shape index (κ2) is 7.01. The lowest BCUT2D eigenvalue weighted by Crippen LogP contribution is -2.15. The van der Waals surface area contributed by atoms with Crippen molar-refractivity contribution in [3.8, 4) is 11.4 Å². The molecule has 2 aromatic carbocycles. The number of non-ortho nitro benzene ring substituents is 1. The topological polar surface area (TPSA) is 123 Å². The quantitative estimate of drug-likeness (QED) is 0.408. The van der Waals surface area contributed by atoms with Crippen molar-refractivity contribution in [3.63, 3.8) is 0 Å². The molecular formula is C17H17N7O2. The summed E-state index contributed by atoms with van der Waals surface area (Å²) in [6, 6.07) is 13.2. The molecule has 0 aliphatic rings. The van der Waals surface area contributed by atoms with Crippen LogP contribution in [0.15, 0.2) is 48.5 Å². The molecule has 132 valence electrons. The molecule has 0 saturated heterocycles. The Morgan fingerprint density at radius 1 is 1.00 bits per heavy atom. The minimum atomic E-state index is -0.448. The summed E-state index contributed by atoms with van der Waals surface area (Å²) in [5.74, 6) is 1.31. The molecule has 3 N–H and O–H groups in total. The third kappa shape index (κ3) is 3.83. The highest BCUT2D eigenvalue weighted by atomic mass is 16.6. The molecule has 3 aromatic rings. The van der Waals surface area contributed by atoms with Crippen LogP contribution in [0.1, 0.15) is 0 Å². The Bertz CT molecular complexity index is 925. The van der Waals surface area contributed by atoms with Crippen LogP contribution in [0.4, 0.5) is 29.0 Å². The fourth-order valence-corrected chi connectivity index (χ4v) is 2.18. The van der Waals surface area contributed by atoms with Gasteiger partial charge in [-0.05, 0) is 36.4 Å². The number of hydrogen-bond acceptors (Lipinski definition) is 8. The number of nitrogen functional groups attached to an aromatic ring is 1. The molecule has 0 amide bonds. The normalized spacial score (nSPS) is 10.4. The van der Waals surface area contributed by atoms with Crippen molar-refractivity contribution in [1.82, 2.24) is 15.0 Å². The van der Waals surface area contributed by atoms with Crippen LogP contribution in [0.2, 0.25) is 0 Å². The maximum Gasteiger partial charge on any atom is 0.269 e. The molecule has 0 aliphatic carbocycles. The highest BCUT2D eigenvalue weighted by Crippen LogP contribution is 2.23. The summed E-state index contributed by atoms with van der Waals surface area (Å²) in [7, 11) is 3.66. The van der Waals surface area contributed by atoms with Gasteiger partial charge in [-0.1, -0.05) is 0 Å². The van der Waals surface area contributed by atoms with Gasteiger partial charge < -0.3 is 16.0 Å². The maximum absolute atomic E-state index is 10.8. The first kappa shape index (κ1) is 17.1. The number of anilines is 4. The van der Waals surface area contributed by atoms with Gasteiger partial charge in [0.05, 0.1) is 4.92 Å². The molecule has 0 fully saturated rings. The molecule has 1 heterocycles. The number of nitrogens with zero attached hydrogens (tertiary/aromatic N) is 5. The summed E-state index contributed by atoms with van der Waals surface area (Å²) in [6.45, 7) is 0. The van der Waals surface area contributed by atoms with Gasteiger partial charge in [0.25, 0.3) is 5.69 Å². The molecule has 0 radical (unpaired) electrons. The molecule has 0 atom stereocenters. The van der Waals surface area contributed by atoms with E-state index in [1.165, 1.54) is 12.1 Å². The van der Waals surface area contributed by atoms with E-state index in [-0.39, 0.29) is 5.69 Å². The lowest BCUT2D eigenvalue weighted by molar-refractivity contribution is -0.384. The van der Waals surface area contributed by atoms with E-state index in [0.717, 1.165) is 5.56 Å². The number of nitrogens with one attached hydrogen (secondary N) is 1. The van der Waals surface area contributed by atoms with E-state index in [1.54, 1.807) is 29.2 Å². The van der Waals surface area contributed by atoms with Crippen LogP contribution < -0.4 is 16.0 Å². The molecule has 0 aliphatic heterocycles. The zero-order valence-electron chi connectivity index (χ0n) is 14.2. The maximum atomic E-state index is 10.8. The van der Waals surface area contributed by atoms with Crippen molar-refractivity contribution in [2.45, 2.75) is 0 Å². The summed E-state index contributed by atoms with van der Waals surface area (Å²) in [5, 5.41) is 13.8. The number of hydrogen-bond donors (Lipinski definition) is 2.